The zero-order valence-electron chi connectivity index (χ0n) is 20.3. The molecule has 3 heterocycles. The van der Waals surface area contributed by atoms with Gasteiger partial charge in [0, 0.05) is 32.8 Å². The Bertz CT molecular complexity index is 1530. The van der Waals surface area contributed by atoms with Crippen molar-refractivity contribution in [3.05, 3.63) is 75.8 Å². The molecule has 1 aliphatic heterocycles. The molecule has 1 atom stereocenters. The molecule has 2 aromatic heterocycles. The van der Waals surface area contributed by atoms with E-state index in [0.717, 1.165) is 21.8 Å². The van der Waals surface area contributed by atoms with Gasteiger partial charge in [-0.1, -0.05) is 47.6 Å². The van der Waals surface area contributed by atoms with Gasteiger partial charge in [0.25, 0.3) is 0 Å². The summed E-state index contributed by atoms with van der Waals surface area (Å²) < 4.78 is 5.50. The maximum Gasteiger partial charge on any atom is 0.140 e. The third-order valence-corrected chi connectivity index (χ3v) is 7.95. The van der Waals surface area contributed by atoms with Crippen LogP contribution in [0.2, 0.25) is 5.02 Å². The summed E-state index contributed by atoms with van der Waals surface area (Å²) in [6.45, 7) is 1.96. The van der Waals surface area contributed by atoms with Crippen molar-refractivity contribution >= 4 is 46.4 Å². The van der Waals surface area contributed by atoms with Crippen LogP contribution in [0.5, 0.6) is 5.75 Å². The number of anilines is 1. The number of aliphatic hydroxyl groups is 1. The molecule has 5 rings (SSSR count). The molecular formula is C27H23ClN6O2S2. The first-order chi connectivity index (χ1) is 18.5. The van der Waals surface area contributed by atoms with Crippen LogP contribution < -0.4 is 15.8 Å². The summed E-state index contributed by atoms with van der Waals surface area (Å²) in [6, 6.07) is 17.3. The molecule has 4 aromatic rings. The van der Waals surface area contributed by atoms with Crippen LogP contribution in [0.1, 0.15) is 29.9 Å². The monoisotopic (exact) mass is 562 g/mol. The topological polar surface area (TPSA) is 129 Å². The van der Waals surface area contributed by atoms with Crippen LogP contribution in [-0.4, -0.2) is 34.1 Å². The highest BCUT2D eigenvalue weighted by molar-refractivity contribution is 7.98. The lowest BCUT2D eigenvalue weighted by atomic mass is 9.94. The number of hydrogen-bond acceptors (Lipinski definition) is 10. The minimum absolute atomic E-state index is 0.0726. The zero-order valence-corrected chi connectivity index (χ0v) is 22.7. The van der Waals surface area contributed by atoms with E-state index in [1.807, 2.05) is 48.7 Å². The first-order valence-corrected chi connectivity index (χ1v) is 13.9. The van der Waals surface area contributed by atoms with Gasteiger partial charge in [-0.3, -0.25) is 0 Å². The summed E-state index contributed by atoms with van der Waals surface area (Å²) in [4.78, 5) is 14.0. The fourth-order valence-corrected chi connectivity index (χ4v) is 6.01. The van der Waals surface area contributed by atoms with Crippen molar-refractivity contribution in [3.8, 4) is 33.5 Å². The number of fused-ring (bicyclic) bond motifs is 1. The smallest absolute Gasteiger partial charge is 0.140 e. The van der Waals surface area contributed by atoms with Gasteiger partial charge >= 0.3 is 0 Å². The number of nitrogens with two attached hydrogens (primary N) is 1. The molecule has 1 aliphatic rings. The fraction of sp³-hybridized carbons (Fsp3) is 0.185. The molecule has 0 amide bonds. The lowest BCUT2D eigenvalue weighted by molar-refractivity contribution is 0.201. The number of nitrogens with zero attached hydrogens (tertiary/aromatic N) is 4. The van der Waals surface area contributed by atoms with Crippen molar-refractivity contribution in [3.63, 3.8) is 0 Å². The van der Waals surface area contributed by atoms with Crippen LogP contribution in [-0.2, 0) is 5.75 Å². The van der Waals surface area contributed by atoms with E-state index in [2.05, 4.69) is 16.4 Å². The molecule has 4 N–H and O–H groups in total. The summed E-state index contributed by atoms with van der Waals surface area (Å²) >= 11 is 9.02. The predicted molar refractivity (Wildman–Crippen MR) is 153 cm³/mol. The van der Waals surface area contributed by atoms with Crippen LogP contribution in [0, 0.1) is 11.3 Å². The van der Waals surface area contributed by atoms with E-state index in [1.165, 1.54) is 11.8 Å². The summed E-state index contributed by atoms with van der Waals surface area (Å²) in [6.07, 6.45) is -0.661. The number of halogens is 1. The largest absolute Gasteiger partial charge is 0.491 e. The molecule has 192 valence electrons. The second-order valence-electron chi connectivity index (χ2n) is 8.36. The van der Waals surface area contributed by atoms with Crippen LogP contribution in [0.4, 0.5) is 5.82 Å². The van der Waals surface area contributed by atoms with Crippen LogP contribution in [0.25, 0.3) is 21.7 Å². The van der Waals surface area contributed by atoms with E-state index in [-0.39, 0.29) is 13.2 Å². The Hall–Kier alpha value is -3.46. The molecule has 0 bridgehead atoms. The Morgan fingerprint density at radius 2 is 1.89 bits per heavy atom. The Kier molecular flexibility index (Phi) is 7.93. The van der Waals surface area contributed by atoms with Crippen molar-refractivity contribution < 1.29 is 9.84 Å². The van der Waals surface area contributed by atoms with Crippen LogP contribution in [0.15, 0.2) is 63.9 Å². The molecule has 0 spiro atoms. The van der Waals surface area contributed by atoms with Gasteiger partial charge in [-0.25, -0.2) is 15.0 Å². The lowest BCUT2D eigenvalue weighted by Crippen LogP contribution is -2.24. The Morgan fingerprint density at radius 1 is 1.16 bits per heavy atom. The first-order valence-electron chi connectivity index (χ1n) is 11.7. The maximum absolute atomic E-state index is 10.3. The van der Waals surface area contributed by atoms with Gasteiger partial charge in [0.05, 0.1) is 17.9 Å². The SMILES string of the molecule is CC1=NC(N)c2c(nc(SCc3csc(-c4ccc(Cl)cc4)n3)c(C#N)c2-c2ccc(OCCO)cc2)N1. The van der Waals surface area contributed by atoms with Gasteiger partial charge in [0.15, 0.2) is 0 Å². The van der Waals surface area contributed by atoms with Crippen molar-refractivity contribution in [2.45, 2.75) is 23.9 Å². The molecule has 0 saturated carbocycles. The average molecular weight is 563 g/mol. The van der Waals surface area contributed by atoms with Gasteiger partial charge in [-0.05, 0) is 36.8 Å². The summed E-state index contributed by atoms with van der Waals surface area (Å²) in [7, 11) is 0. The zero-order chi connectivity index (χ0) is 26.6. The Morgan fingerprint density at radius 3 is 2.61 bits per heavy atom. The number of aliphatic imine (C=N–C) groups is 1. The summed E-state index contributed by atoms with van der Waals surface area (Å²) in [5.41, 5.74) is 10.9. The van der Waals surface area contributed by atoms with E-state index >= 15 is 0 Å². The standard InChI is InChI=1S/C27H23ClN6O2S2/c1-15-31-24(30)23-22(16-4-8-20(9-5-16)36-11-10-35)21(12-29)27(34-25(23)32-15)38-14-19-13-37-26(33-19)17-2-6-18(28)7-3-17/h2-9,13,24,35H,10-11,14,30H2,1H3,(H,31,32,34). The van der Waals surface area contributed by atoms with E-state index in [1.54, 1.807) is 23.5 Å². The quantitative estimate of drug-likeness (QED) is 0.228. The summed E-state index contributed by atoms with van der Waals surface area (Å²) in [5, 5.41) is 26.7. The van der Waals surface area contributed by atoms with Crippen molar-refractivity contribution in [1.29, 1.82) is 5.26 Å². The molecule has 0 saturated heterocycles. The molecular weight excluding hydrogens is 540 g/mol. The molecule has 8 nitrogen and oxygen atoms in total. The fourth-order valence-electron chi connectivity index (χ4n) is 4.07. The summed E-state index contributed by atoms with van der Waals surface area (Å²) in [5.74, 6) is 2.40. The number of amidine groups is 1. The first kappa shape index (κ1) is 26.2. The highest BCUT2D eigenvalue weighted by Crippen LogP contribution is 2.42. The molecule has 0 aliphatic carbocycles. The van der Waals surface area contributed by atoms with Crippen LogP contribution in [0.3, 0.4) is 0 Å². The average Bonchev–Trinajstić information content (AvgIpc) is 3.39. The third-order valence-electron chi connectivity index (χ3n) is 5.74. The maximum atomic E-state index is 10.3. The Labute approximate surface area is 233 Å². The van der Waals surface area contributed by atoms with Gasteiger partial charge in [-0.15, -0.1) is 11.3 Å². The minimum atomic E-state index is -0.661. The van der Waals surface area contributed by atoms with E-state index < -0.39 is 6.17 Å². The number of thioether (sulfide) groups is 1. The number of pyridine rings is 1. The second-order valence-corrected chi connectivity index (χ2v) is 10.6. The Balaban J connectivity index is 1.49. The molecule has 0 radical (unpaired) electrons. The highest BCUT2D eigenvalue weighted by Gasteiger charge is 2.28. The van der Waals surface area contributed by atoms with Crippen molar-refractivity contribution in [2.75, 3.05) is 18.5 Å². The van der Waals surface area contributed by atoms with E-state index in [4.69, 9.17) is 37.1 Å². The number of aromatic nitrogens is 2. The van der Waals surface area contributed by atoms with Crippen molar-refractivity contribution in [2.24, 2.45) is 10.7 Å². The number of hydrogen-bond donors (Lipinski definition) is 3. The second kappa shape index (κ2) is 11.5. The normalized spacial score (nSPS) is 14.3. The number of ether oxygens (including phenoxy) is 1. The molecule has 1 unspecified atom stereocenters. The van der Waals surface area contributed by atoms with Gasteiger partial charge in [0.1, 0.15) is 46.3 Å². The number of nitriles is 1. The van der Waals surface area contributed by atoms with Crippen LogP contribution >= 0.6 is 34.7 Å². The molecule has 38 heavy (non-hydrogen) atoms. The number of rotatable bonds is 8. The van der Waals surface area contributed by atoms with E-state index in [9.17, 15) is 5.26 Å². The molecule has 2 aromatic carbocycles. The highest BCUT2D eigenvalue weighted by atomic mass is 35.5. The lowest BCUT2D eigenvalue weighted by Gasteiger charge is -2.25. The van der Waals surface area contributed by atoms with Crippen molar-refractivity contribution in [1.82, 2.24) is 9.97 Å². The number of nitrogens with one attached hydrogen (secondary N) is 1. The van der Waals surface area contributed by atoms with Gasteiger partial charge < -0.3 is 20.9 Å². The van der Waals surface area contributed by atoms with Gasteiger partial charge in [0.2, 0.25) is 0 Å². The predicted octanol–water partition coefficient (Wildman–Crippen LogP) is 5.86. The minimum Gasteiger partial charge on any atom is -0.491 e. The molecule has 0 fully saturated rings. The van der Waals surface area contributed by atoms with E-state index in [0.29, 0.717) is 49.9 Å². The third kappa shape index (κ3) is 5.53. The molecule has 11 heteroatoms. The number of thiazole rings is 1. The van der Waals surface area contributed by atoms with Gasteiger partial charge in [-0.2, -0.15) is 5.26 Å². The number of benzene rings is 2. The number of aliphatic hydroxyl groups excluding tert-OH is 1.